The van der Waals surface area contributed by atoms with Gasteiger partial charge in [-0.1, -0.05) is 24.3 Å². The summed E-state index contributed by atoms with van der Waals surface area (Å²) in [6.07, 6.45) is -3.48. The lowest BCUT2D eigenvalue weighted by atomic mass is 9.76. The second-order valence-electron chi connectivity index (χ2n) is 12.2. The molecule has 1 spiro atoms. The third-order valence-electron chi connectivity index (χ3n) is 8.92. The van der Waals surface area contributed by atoms with E-state index in [0.29, 0.717) is 55.5 Å². The standard InChI is InChI=1S/C34H37F3N6O4/c1-4-46-25-8-5-23(6-9-25)24-7-10-26(28(17-24)43-14-11-21(2)41-43)31(34(35,36)37)47-30-18-29(39-22(3)40-30)42-15-12-33(13-16-42)19-27(32(44)45)38-20-33/h5-11,14,17-18,27,31,38H,4,12-13,15-16,19-20H2,1-3H3,(H,44,45)/t27?,31-/m1/s1. The van der Waals surface area contributed by atoms with Gasteiger partial charge in [-0.25, -0.2) is 9.67 Å². The smallest absolute Gasteiger partial charge is 0.429 e. The van der Waals surface area contributed by atoms with Gasteiger partial charge in [0, 0.05) is 37.5 Å². The van der Waals surface area contributed by atoms with Crippen LogP contribution in [0.3, 0.4) is 0 Å². The normalized spacial score (nSPS) is 18.3. The van der Waals surface area contributed by atoms with Crippen LogP contribution in [0.2, 0.25) is 0 Å². The topological polar surface area (TPSA) is 115 Å². The molecule has 2 fully saturated rings. The molecule has 0 bridgehead atoms. The van der Waals surface area contributed by atoms with Crippen LogP contribution < -0.4 is 19.7 Å². The summed E-state index contributed by atoms with van der Waals surface area (Å²) in [6.45, 7) is 7.60. The van der Waals surface area contributed by atoms with Crippen LogP contribution in [0.4, 0.5) is 19.0 Å². The third-order valence-corrected chi connectivity index (χ3v) is 8.92. The van der Waals surface area contributed by atoms with E-state index >= 15 is 0 Å². The van der Waals surface area contributed by atoms with Crippen molar-refractivity contribution in [3.05, 3.63) is 77.9 Å². The molecule has 0 amide bonds. The zero-order valence-corrected chi connectivity index (χ0v) is 26.4. The van der Waals surface area contributed by atoms with Crippen molar-refractivity contribution in [3.8, 4) is 28.4 Å². The number of nitrogens with one attached hydrogen (secondary N) is 1. The van der Waals surface area contributed by atoms with Crippen molar-refractivity contribution in [1.82, 2.24) is 25.1 Å². The van der Waals surface area contributed by atoms with E-state index in [4.69, 9.17) is 9.47 Å². The highest BCUT2D eigenvalue weighted by molar-refractivity contribution is 5.74. The Kier molecular flexibility index (Phi) is 8.84. The second-order valence-corrected chi connectivity index (χ2v) is 12.2. The number of carboxylic acid groups (broad SMARTS) is 1. The van der Waals surface area contributed by atoms with Crippen molar-refractivity contribution in [3.63, 3.8) is 0 Å². The number of hydrogen-bond acceptors (Lipinski definition) is 8. The molecule has 2 saturated heterocycles. The van der Waals surface area contributed by atoms with Gasteiger partial charge in [0.25, 0.3) is 0 Å². The number of hydrogen-bond donors (Lipinski definition) is 2. The van der Waals surface area contributed by atoms with E-state index in [9.17, 15) is 23.1 Å². The number of alkyl halides is 3. The van der Waals surface area contributed by atoms with Gasteiger partial charge in [-0.3, -0.25) is 4.79 Å². The van der Waals surface area contributed by atoms with E-state index in [1.165, 1.54) is 16.8 Å². The Balaban J connectivity index is 1.29. The molecule has 2 aliphatic heterocycles. The fourth-order valence-corrected chi connectivity index (χ4v) is 6.46. The molecule has 2 atom stereocenters. The second kappa shape index (κ2) is 12.9. The number of halogens is 3. The number of benzene rings is 2. The number of nitrogens with zero attached hydrogens (tertiary/aromatic N) is 5. The highest BCUT2D eigenvalue weighted by Crippen LogP contribution is 2.42. The molecular formula is C34H37F3N6O4. The van der Waals surface area contributed by atoms with Crippen LogP contribution in [-0.2, 0) is 4.79 Å². The summed E-state index contributed by atoms with van der Waals surface area (Å²) in [4.78, 5) is 22.2. The van der Waals surface area contributed by atoms with Crippen molar-refractivity contribution in [2.75, 3.05) is 31.1 Å². The zero-order chi connectivity index (χ0) is 33.3. The maximum Gasteiger partial charge on any atom is 0.429 e. The van der Waals surface area contributed by atoms with E-state index in [1.807, 2.05) is 36.1 Å². The van der Waals surface area contributed by atoms with E-state index in [0.717, 1.165) is 18.4 Å². The lowest BCUT2D eigenvalue weighted by molar-refractivity contribution is -0.198. The average Bonchev–Trinajstić information content (AvgIpc) is 3.66. The van der Waals surface area contributed by atoms with E-state index in [2.05, 4.69) is 20.4 Å². The van der Waals surface area contributed by atoms with Crippen molar-refractivity contribution in [2.45, 2.75) is 58.4 Å². The van der Waals surface area contributed by atoms with Crippen LogP contribution in [-0.4, -0.2) is 69.3 Å². The van der Waals surface area contributed by atoms with Crippen LogP contribution in [0.5, 0.6) is 11.6 Å². The third kappa shape index (κ3) is 7.04. The highest BCUT2D eigenvalue weighted by atomic mass is 19.4. The van der Waals surface area contributed by atoms with Gasteiger partial charge in [0.2, 0.25) is 12.0 Å². The molecule has 47 heavy (non-hydrogen) atoms. The Morgan fingerprint density at radius 2 is 1.79 bits per heavy atom. The van der Waals surface area contributed by atoms with Gasteiger partial charge >= 0.3 is 12.1 Å². The van der Waals surface area contributed by atoms with Gasteiger partial charge in [0.05, 0.1) is 18.0 Å². The van der Waals surface area contributed by atoms with Gasteiger partial charge in [-0.15, -0.1) is 0 Å². The van der Waals surface area contributed by atoms with Crippen LogP contribution in [0, 0.1) is 19.3 Å². The number of aryl methyl sites for hydroxylation is 2. The molecule has 4 aromatic rings. The molecule has 6 rings (SSSR count). The van der Waals surface area contributed by atoms with Gasteiger partial charge in [0.15, 0.2) is 0 Å². The number of carboxylic acids is 1. The minimum atomic E-state index is -4.79. The summed E-state index contributed by atoms with van der Waals surface area (Å²) < 4.78 is 57.3. The molecule has 13 heteroatoms. The Labute approximate surface area is 270 Å². The number of anilines is 1. The zero-order valence-electron chi connectivity index (χ0n) is 26.4. The van der Waals surface area contributed by atoms with E-state index < -0.39 is 24.3 Å². The maximum absolute atomic E-state index is 14.9. The first-order chi connectivity index (χ1) is 22.4. The van der Waals surface area contributed by atoms with Crippen molar-refractivity contribution in [1.29, 1.82) is 0 Å². The van der Waals surface area contributed by atoms with Crippen molar-refractivity contribution < 1.29 is 32.5 Å². The van der Waals surface area contributed by atoms with Crippen molar-refractivity contribution >= 4 is 11.8 Å². The summed E-state index contributed by atoms with van der Waals surface area (Å²) in [5.74, 6) is 0.404. The predicted molar refractivity (Wildman–Crippen MR) is 169 cm³/mol. The Hall–Kier alpha value is -4.65. The summed E-state index contributed by atoms with van der Waals surface area (Å²) >= 11 is 0. The maximum atomic E-state index is 14.9. The molecule has 248 valence electrons. The Morgan fingerprint density at radius 3 is 2.40 bits per heavy atom. The van der Waals surface area contributed by atoms with Crippen LogP contribution in [0.25, 0.3) is 16.8 Å². The van der Waals surface area contributed by atoms with Crippen LogP contribution in [0.1, 0.15) is 49.4 Å². The lowest BCUT2D eigenvalue weighted by Gasteiger charge is -2.39. The van der Waals surface area contributed by atoms with Gasteiger partial charge in [0.1, 0.15) is 23.4 Å². The largest absolute Gasteiger partial charge is 0.494 e. The molecule has 10 nitrogen and oxygen atoms in total. The van der Waals surface area contributed by atoms with Gasteiger partial charge in [-0.05, 0) is 80.8 Å². The number of rotatable bonds is 9. The number of carbonyl (C=O) groups is 1. The van der Waals surface area contributed by atoms with E-state index in [1.54, 1.807) is 38.2 Å². The molecule has 4 heterocycles. The highest BCUT2D eigenvalue weighted by Gasteiger charge is 2.46. The molecule has 2 aromatic heterocycles. The number of aliphatic carboxylic acids is 1. The summed E-state index contributed by atoms with van der Waals surface area (Å²) in [6, 6.07) is 14.7. The van der Waals surface area contributed by atoms with Crippen molar-refractivity contribution in [2.24, 2.45) is 5.41 Å². The Bertz CT molecular complexity index is 1730. The first-order valence-electron chi connectivity index (χ1n) is 15.6. The molecular weight excluding hydrogens is 613 g/mol. The minimum absolute atomic E-state index is 0.116. The van der Waals surface area contributed by atoms with Crippen LogP contribution >= 0.6 is 0 Å². The first-order valence-corrected chi connectivity index (χ1v) is 15.6. The molecule has 1 unspecified atom stereocenters. The monoisotopic (exact) mass is 650 g/mol. The summed E-state index contributed by atoms with van der Waals surface area (Å²) in [7, 11) is 0. The fourth-order valence-electron chi connectivity index (χ4n) is 6.46. The minimum Gasteiger partial charge on any atom is -0.494 e. The Morgan fingerprint density at radius 1 is 1.06 bits per heavy atom. The molecule has 0 saturated carbocycles. The summed E-state index contributed by atoms with van der Waals surface area (Å²) in [5.41, 5.74) is 2.15. The fraction of sp³-hybridized carbons (Fsp3) is 0.412. The molecule has 2 N–H and O–H groups in total. The number of piperidine rings is 1. The lowest BCUT2D eigenvalue weighted by Crippen LogP contribution is -2.41. The van der Waals surface area contributed by atoms with Gasteiger partial charge in [-0.2, -0.15) is 23.3 Å². The molecule has 0 radical (unpaired) electrons. The van der Waals surface area contributed by atoms with Gasteiger partial charge < -0.3 is 24.8 Å². The van der Waals surface area contributed by atoms with Crippen LogP contribution in [0.15, 0.2) is 60.8 Å². The predicted octanol–water partition coefficient (Wildman–Crippen LogP) is 6.06. The first kappa shape index (κ1) is 32.3. The number of ether oxygens (including phenoxy) is 2. The average molecular weight is 651 g/mol. The van der Waals surface area contributed by atoms with E-state index in [-0.39, 0.29) is 28.4 Å². The SMILES string of the molecule is CCOc1ccc(-c2ccc([C@@H](Oc3cc(N4CCC5(CC4)CNC(C(=O)O)C5)nc(C)n3)C(F)(F)F)c(-n3ccc(C)n3)c2)cc1. The molecule has 0 aliphatic carbocycles. The quantitative estimate of drug-likeness (QED) is 0.223. The molecule has 2 aromatic carbocycles. The number of aromatic nitrogens is 4. The summed E-state index contributed by atoms with van der Waals surface area (Å²) in [5, 5.41) is 16.9. The molecule has 2 aliphatic rings.